The Kier molecular flexibility index (Phi) is 5.10. The molecule has 8 heteroatoms. The third-order valence-corrected chi connectivity index (χ3v) is 4.12. The molecule has 0 aliphatic carbocycles. The van der Waals surface area contributed by atoms with Crippen molar-refractivity contribution in [2.24, 2.45) is 0 Å². The van der Waals surface area contributed by atoms with Gasteiger partial charge in [0.15, 0.2) is 4.34 Å². The van der Waals surface area contributed by atoms with E-state index in [0.717, 1.165) is 16.5 Å². The molecule has 2 aromatic rings. The van der Waals surface area contributed by atoms with Crippen molar-refractivity contribution in [3.63, 3.8) is 0 Å². The summed E-state index contributed by atoms with van der Waals surface area (Å²) in [4.78, 5) is 10.0. The van der Waals surface area contributed by atoms with Crippen LogP contribution in [-0.2, 0) is 0 Å². The predicted octanol–water partition coefficient (Wildman–Crippen LogP) is 3.01. The molecular formula is C11H11N3O3S2. The molecule has 2 rings (SSSR count). The lowest BCUT2D eigenvalue weighted by molar-refractivity contribution is -0.384. The maximum atomic E-state index is 10.5. The van der Waals surface area contributed by atoms with Gasteiger partial charge in [0.1, 0.15) is 11.3 Å². The molecule has 0 bridgehead atoms. The van der Waals surface area contributed by atoms with Gasteiger partial charge < -0.3 is 4.74 Å². The molecule has 1 aromatic heterocycles. The summed E-state index contributed by atoms with van der Waals surface area (Å²) in [7, 11) is 0. The molecule has 0 saturated heterocycles. The van der Waals surface area contributed by atoms with Crippen LogP contribution in [0.15, 0.2) is 34.1 Å². The number of nitrogens with zero attached hydrogens (tertiary/aromatic N) is 3. The largest absolute Gasteiger partial charge is 0.494 e. The number of hydrogen-bond donors (Lipinski definition) is 0. The molecule has 0 unspecified atom stereocenters. The van der Waals surface area contributed by atoms with E-state index in [2.05, 4.69) is 10.2 Å². The third kappa shape index (κ3) is 4.49. The molecule has 1 heterocycles. The summed E-state index contributed by atoms with van der Waals surface area (Å²) in [5.74, 6) is 1.55. The van der Waals surface area contributed by atoms with Crippen molar-refractivity contribution in [3.05, 3.63) is 39.9 Å². The Morgan fingerprint density at radius 1 is 1.37 bits per heavy atom. The van der Waals surface area contributed by atoms with Crippen molar-refractivity contribution in [2.45, 2.75) is 10.8 Å². The molecular weight excluding hydrogens is 286 g/mol. The summed E-state index contributed by atoms with van der Waals surface area (Å²) in [6, 6.07) is 6.09. The Bertz CT molecular complexity index is 516. The van der Waals surface area contributed by atoms with Crippen molar-refractivity contribution < 1.29 is 9.66 Å². The molecule has 0 saturated carbocycles. The summed E-state index contributed by atoms with van der Waals surface area (Å²) < 4.78 is 6.45. The van der Waals surface area contributed by atoms with E-state index in [4.69, 9.17) is 4.74 Å². The highest BCUT2D eigenvalue weighted by Crippen LogP contribution is 2.20. The monoisotopic (exact) mass is 297 g/mol. The van der Waals surface area contributed by atoms with Gasteiger partial charge in [0.2, 0.25) is 0 Å². The van der Waals surface area contributed by atoms with Gasteiger partial charge >= 0.3 is 0 Å². The molecule has 1 aromatic carbocycles. The molecule has 100 valence electrons. The Hall–Kier alpha value is -1.67. The average Bonchev–Trinajstić information content (AvgIpc) is 2.92. The van der Waals surface area contributed by atoms with Crippen molar-refractivity contribution in [3.8, 4) is 5.75 Å². The lowest BCUT2D eigenvalue weighted by Gasteiger charge is -2.04. The zero-order valence-corrected chi connectivity index (χ0v) is 11.5. The van der Waals surface area contributed by atoms with Crippen LogP contribution in [0.25, 0.3) is 0 Å². The van der Waals surface area contributed by atoms with E-state index in [9.17, 15) is 10.1 Å². The minimum absolute atomic E-state index is 0.0687. The van der Waals surface area contributed by atoms with Crippen LogP contribution < -0.4 is 4.74 Å². The summed E-state index contributed by atoms with van der Waals surface area (Å²) in [6.07, 6.45) is 0.876. The SMILES string of the molecule is O=[N+]([O-])c1ccc(OCCCSc2nncs2)cc1. The van der Waals surface area contributed by atoms with Crippen LogP contribution in [0.1, 0.15) is 6.42 Å². The summed E-state index contributed by atoms with van der Waals surface area (Å²) in [5.41, 5.74) is 1.77. The van der Waals surface area contributed by atoms with Crippen LogP contribution in [0.3, 0.4) is 0 Å². The molecule has 0 aliphatic heterocycles. The van der Waals surface area contributed by atoms with Crippen molar-refractivity contribution in [1.82, 2.24) is 10.2 Å². The van der Waals surface area contributed by atoms with E-state index in [0.29, 0.717) is 12.4 Å². The fourth-order valence-electron chi connectivity index (χ4n) is 1.30. The first kappa shape index (κ1) is 13.8. The van der Waals surface area contributed by atoms with Gasteiger partial charge in [-0.05, 0) is 18.6 Å². The zero-order valence-electron chi connectivity index (χ0n) is 9.89. The van der Waals surface area contributed by atoms with Gasteiger partial charge in [-0.3, -0.25) is 10.1 Å². The standard InChI is InChI=1S/C11H11N3O3S2/c15-14(16)9-2-4-10(5-3-9)17-6-1-7-18-11-13-12-8-19-11/h2-5,8H,1,6-7H2. The molecule has 0 fully saturated rings. The van der Waals surface area contributed by atoms with Gasteiger partial charge in [-0.2, -0.15) is 0 Å². The van der Waals surface area contributed by atoms with E-state index in [1.807, 2.05) is 0 Å². The maximum Gasteiger partial charge on any atom is 0.269 e. The minimum Gasteiger partial charge on any atom is -0.494 e. The third-order valence-electron chi connectivity index (χ3n) is 2.17. The molecule has 0 radical (unpaired) electrons. The van der Waals surface area contributed by atoms with E-state index < -0.39 is 4.92 Å². The summed E-state index contributed by atoms with van der Waals surface area (Å²) >= 11 is 3.16. The van der Waals surface area contributed by atoms with Gasteiger partial charge in [-0.25, -0.2) is 0 Å². The topological polar surface area (TPSA) is 78.2 Å². The Morgan fingerprint density at radius 2 is 2.16 bits per heavy atom. The number of ether oxygens (including phenoxy) is 1. The minimum atomic E-state index is -0.428. The lowest BCUT2D eigenvalue weighted by atomic mass is 10.3. The molecule has 0 atom stereocenters. The Morgan fingerprint density at radius 3 is 2.79 bits per heavy atom. The smallest absolute Gasteiger partial charge is 0.269 e. The second-order valence-electron chi connectivity index (χ2n) is 3.51. The molecule has 0 N–H and O–H groups in total. The number of benzene rings is 1. The zero-order chi connectivity index (χ0) is 13.5. The number of aromatic nitrogens is 2. The highest BCUT2D eigenvalue weighted by molar-refractivity contribution is 8.00. The number of nitro benzene ring substituents is 1. The molecule has 6 nitrogen and oxygen atoms in total. The molecule has 0 aliphatic rings. The fourth-order valence-corrected chi connectivity index (χ4v) is 2.77. The first-order chi connectivity index (χ1) is 9.25. The molecule has 19 heavy (non-hydrogen) atoms. The first-order valence-corrected chi connectivity index (χ1v) is 7.38. The molecule has 0 spiro atoms. The normalized spacial score (nSPS) is 10.3. The van der Waals surface area contributed by atoms with Crippen LogP contribution in [0, 0.1) is 10.1 Å². The van der Waals surface area contributed by atoms with E-state index in [1.165, 1.54) is 23.5 Å². The second-order valence-corrected chi connectivity index (χ2v) is 5.68. The number of rotatable bonds is 7. The van der Waals surface area contributed by atoms with Gasteiger partial charge in [0.05, 0.1) is 11.5 Å². The second kappa shape index (κ2) is 7.05. The number of thioether (sulfide) groups is 1. The summed E-state index contributed by atoms with van der Waals surface area (Å²) in [6.45, 7) is 0.573. The predicted molar refractivity (Wildman–Crippen MR) is 73.8 cm³/mol. The van der Waals surface area contributed by atoms with Crippen LogP contribution >= 0.6 is 23.1 Å². The highest BCUT2D eigenvalue weighted by atomic mass is 32.2. The maximum absolute atomic E-state index is 10.5. The highest BCUT2D eigenvalue weighted by Gasteiger charge is 2.04. The van der Waals surface area contributed by atoms with Gasteiger partial charge in [-0.1, -0.05) is 23.1 Å². The van der Waals surface area contributed by atoms with E-state index >= 15 is 0 Å². The number of non-ortho nitro benzene ring substituents is 1. The fraction of sp³-hybridized carbons (Fsp3) is 0.273. The van der Waals surface area contributed by atoms with Crippen LogP contribution in [0.5, 0.6) is 5.75 Å². The molecule has 0 amide bonds. The van der Waals surface area contributed by atoms with Crippen LogP contribution in [0.2, 0.25) is 0 Å². The lowest BCUT2D eigenvalue weighted by Crippen LogP contribution is -1.98. The number of hydrogen-bond acceptors (Lipinski definition) is 7. The first-order valence-electron chi connectivity index (χ1n) is 5.52. The quantitative estimate of drug-likeness (QED) is 0.338. The van der Waals surface area contributed by atoms with Crippen LogP contribution in [-0.4, -0.2) is 27.5 Å². The van der Waals surface area contributed by atoms with E-state index in [-0.39, 0.29) is 5.69 Å². The van der Waals surface area contributed by atoms with E-state index in [1.54, 1.807) is 29.4 Å². The van der Waals surface area contributed by atoms with Crippen molar-refractivity contribution in [2.75, 3.05) is 12.4 Å². The van der Waals surface area contributed by atoms with Crippen molar-refractivity contribution in [1.29, 1.82) is 0 Å². The van der Waals surface area contributed by atoms with Gasteiger partial charge in [0, 0.05) is 17.9 Å². The van der Waals surface area contributed by atoms with Crippen molar-refractivity contribution >= 4 is 28.8 Å². The summed E-state index contributed by atoms with van der Waals surface area (Å²) in [5, 5.41) is 18.2. The average molecular weight is 297 g/mol. The number of nitro groups is 1. The van der Waals surface area contributed by atoms with Gasteiger partial charge in [-0.15, -0.1) is 10.2 Å². The van der Waals surface area contributed by atoms with Crippen LogP contribution in [0.4, 0.5) is 5.69 Å². The van der Waals surface area contributed by atoms with Gasteiger partial charge in [0.25, 0.3) is 5.69 Å². The Balaban J connectivity index is 1.66. The Labute approximate surface area is 118 Å².